The summed E-state index contributed by atoms with van der Waals surface area (Å²) in [4.78, 5) is 15.5. The Kier molecular flexibility index (Phi) is 7.99. The molecule has 3 aromatic carbocycles. The Morgan fingerprint density at radius 3 is 1.93 bits per heavy atom. The Bertz CT molecular complexity index is 943. The molecule has 0 saturated carbocycles. The number of rotatable bonds is 10. The van der Waals surface area contributed by atoms with Gasteiger partial charge in [-0.05, 0) is 42.4 Å². The van der Waals surface area contributed by atoms with E-state index in [4.69, 9.17) is 4.74 Å². The van der Waals surface area contributed by atoms with Crippen molar-refractivity contribution in [2.24, 2.45) is 0 Å². The highest BCUT2D eigenvalue weighted by Crippen LogP contribution is 2.24. The number of hydrogen-bond donors (Lipinski definition) is 0. The standard InChI is InChI=1S/C27H29NO2/c1-3-28(4-2)19-20-30-25-17-15-22(16-18-25)21-26(23-11-7-5-8-12-23)27(29)24-13-9-6-10-14-24/h5-18,21H,3-4,19-20H2,1-2H3. The topological polar surface area (TPSA) is 29.5 Å². The fourth-order valence-electron chi connectivity index (χ4n) is 3.30. The van der Waals surface area contributed by atoms with Gasteiger partial charge in [-0.25, -0.2) is 0 Å². The Morgan fingerprint density at radius 2 is 1.37 bits per heavy atom. The molecule has 0 aliphatic carbocycles. The maximum absolute atomic E-state index is 13.2. The van der Waals surface area contributed by atoms with E-state index in [-0.39, 0.29) is 5.78 Å². The lowest BCUT2D eigenvalue weighted by Crippen LogP contribution is -2.27. The summed E-state index contributed by atoms with van der Waals surface area (Å²) in [6.07, 6.45) is 1.95. The van der Waals surface area contributed by atoms with E-state index >= 15 is 0 Å². The predicted molar refractivity (Wildman–Crippen MR) is 125 cm³/mol. The molecule has 0 unspecified atom stereocenters. The number of hydrogen-bond acceptors (Lipinski definition) is 3. The zero-order chi connectivity index (χ0) is 21.2. The molecule has 0 aromatic heterocycles. The van der Waals surface area contributed by atoms with Crippen molar-refractivity contribution in [3.05, 3.63) is 102 Å². The molecule has 0 spiro atoms. The second-order valence-corrected chi connectivity index (χ2v) is 7.06. The summed E-state index contributed by atoms with van der Waals surface area (Å²) in [5.74, 6) is 0.858. The van der Waals surface area contributed by atoms with Gasteiger partial charge in [-0.15, -0.1) is 0 Å². The van der Waals surface area contributed by atoms with Crippen LogP contribution in [0.5, 0.6) is 5.75 Å². The van der Waals surface area contributed by atoms with Gasteiger partial charge in [0.15, 0.2) is 5.78 Å². The first kappa shape index (κ1) is 21.5. The zero-order valence-electron chi connectivity index (χ0n) is 17.8. The second-order valence-electron chi connectivity index (χ2n) is 7.06. The van der Waals surface area contributed by atoms with Crippen LogP contribution < -0.4 is 4.74 Å². The van der Waals surface area contributed by atoms with Gasteiger partial charge < -0.3 is 9.64 Å². The molecule has 3 heteroatoms. The number of ether oxygens (including phenoxy) is 1. The van der Waals surface area contributed by atoms with E-state index in [1.165, 1.54) is 0 Å². The van der Waals surface area contributed by atoms with Crippen LogP contribution in [0.2, 0.25) is 0 Å². The van der Waals surface area contributed by atoms with Crippen molar-refractivity contribution in [2.75, 3.05) is 26.2 Å². The average molecular weight is 400 g/mol. The van der Waals surface area contributed by atoms with Crippen molar-refractivity contribution < 1.29 is 9.53 Å². The normalized spacial score (nSPS) is 11.5. The maximum atomic E-state index is 13.2. The van der Waals surface area contributed by atoms with Gasteiger partial charge in [0.25, 0.3) is 0 Å². The third-order valence-electron chi connectivity index (χ3n) is 5.13. The van der Waals surface area contributed by atoms with Gasteiger partial charge in [0.1, 0.15) is 12.4 Å². The van der Waals surface area contributed by atoms with Gasteiger partial charge in [-0.3, -0.25) is 4.79 Å². The Morgan fingerprint density at radius 1 is 0.800 bits per heavy atom. The minimum atomic E-state index is 0.0151. The highest BCUT2D eigenvalue weighted by atomic mass is 16.5. The van der Waals surface area contributed by atoms with E-state index in [9.17, 15) is 4.79 Å². The fourth-order valence-corrected chi connectivity index (χ4v) is 3.30. The van der Waals surface area contributed by atoms with Gasteiger partial charge in [0.2, 0.25) is 0 Å². The summed E-state index contributed by atoms with van der Waals surface area (Å²) < 4.78 is 5.87. The van der Waals surface area contributed by atoms with Crippen LogP contribution in [0.15, 0.2) is 84.9 Å². The first-order chi connectivity index (χ1) is 14.7. The van der Waals surface area contributed by atoms with Crippen molar-refractivity contribution in [3.8, 4) is 5.75 Å². The first-order valence-electron chi connectivity index (χ1n) is 10.5. The summed E-state index contributed by atoms with van der Waals surface area (Å²) in [6, 6.07) is 27.1. The van der Waals surface area contributed by atoms with E-state index in [0.29, 0.717) is 17.7 Å². The number of benzene rings is 3. The van der Waals surface area contributed by atoms with E-state index in [0.717, 1.165) is 36.5 Å². The molecule has 0 atom stereocenters. The molecule has 3 nitrogen and oxygen atoms in total. The van der Waals surface area contributed by atoms with Gasteiger partial charge in [-0.2, -0.15) is 0 Å². The van der Waals surface area contributed by atoms with Crippen LogP contribution in [-0.4, -0.2) is 36.9 Å². The van der Waals surface area contributed by atoms with Crippen LogP contribution in [0.1, 0.15) is 35.3 Å². The second kappa shape index (κ2) is 11.1. The van der Waals surface area contributed by atoms with Crippen LogP contribution in [0.3, 0.4) is 0 Å². The molecule has 0 heterocycles. The lowest BCUT2D eigenvalue weighted by Gasteiger charge is -2.18. The highest BCUT2D eigenvalue weighted by molar-refractivity contribution is 6.32. The van der Waals surface area contributed by atoms with E-state index in [1.807, 2.05) is 91.0 Å². The SMILES string of the molecule is CCN(CC)CCOc1ccc(C=C(C(=O)c2ccccc2)c2ccccc2)cc1. The van der Waals surface area contributed by atoms with E-state index < -0.39 is 0 Å². The van der Waals surface area contributed by atoms with Crippen molar-refractivity contribution in [2.45, 2.75) is 13.8 Å². The van der Waals surface area contributed by atoms with Gasteiger partial charge in [0, 0.05) is 17.7 Å². The molecule has 0 radical (unpaired) electrons. The quantitative estimate of drug-likeness (QED) is 0.244. The minimum Gasteiger partial charge on any atom is -0.492 e. The third-order valence-corrected chi connectivity index (χ3v) is 5.13. The van der Waals surface area contributed by atoms with Crippen molar-refractivity contribution in [3.63, 3.8) is 0 Å². The summed E-state index contributed by atoms with van der Waals surface area (Å²) in [5, 5.41) is 0. The number of nitrogens with zero attached hydrogens (tertiary/aromatic N) is 1. The molecule has 0 fully saturated rings. The van der Waals surface area contributed by atoms with Crippen LogP contribution in [0.4, 0.5) is 0 Å². The lowest BCUT2D eigenvalue weighted by atomic mass is 9.95. The maximum Gasteiger partial charge on any atom is 0.193 e. The smallest absolute Gasteiger partial charge is 0.193 e. The molecule has 3 aromatic rings. The number of carbonyl (C=O) groups excluding carboxylic acids is 1. The van der Waals surface area contributed by atoms with Crippen LogP contribution in [-0.2, 0) is 0 Å². The van der Waals surface area contributed by atoms with Gasteiger partial charge >= 0.3 is 0 Å². The number of Topliss-reactive ketones (excluding diaryl/α,β-unsaturated/α-hetero) is 1. The number of carbonyl (C=O) groups is 1. The summed E-state index contributed by atoms with van der Waals surface area (Å²) in [6.45, 7) is 7.96. The van der Waals surface area contributed by atoms with Crippen molar-refractivity contribution >= 4 is 17.4 Å². The molecule has 0 aliphatic rings. The number of likely N-dealkylation sites (N-methyl/N-ethyl adjacent to an activating group) is 1. The van der Waals surface area contributed by atoms with Crippen LogP contribution in [0.25, 0.3) is 11.6 Å². The van der Waals surface area contributed by atoms with Crippen LogP contribution >= 0.6 is 0 Å². The molecular formula is C27H29NO2. The highest BCUT2D eigenvalue weighted by Gasteiger charge is 2.14. The fraction of sp³-hybridized carbons (Fsp3) is 0.222. The molecule has 154 valence electrons. The largest absolute Gasteiger partial charge is 0.492 e. The Balaban J connectivity index is 1.79. The summed E-state index contributed by atoms with van der Waals surface area (Å²) >= 11 is 0. The average Bonchev–Trinajstić information content (AvgIpc) is 2.82. The lowest BCUT2D eigenvalue weighted by molar-refractivity contribution is 0.105. The van der Waals surface area contributed by atoms with Crippen molar-refractivity contribution in [1.82, 2.24) is 4.90 Å². The molecule has 0 bridgehead atoms. The number of ketones is 1. The third kappa shape index (κ3) is 5.91. The molecule has 0 amide bonds. The van der Waals surface area contributed by atoms with E-state index in [1.54, 1.807) is 0 Å². The van der Waals surface area contributed by atoms with Gasteiger partial charge in [-0.1, -0.05) is 86.6 Å². The van der Waals surface area contributed by atoms with Crippen LogP contribution in [0, 0.1) is 0 Å². The van der Waals surface area contributed by atoms with Crippen molar-refractivity contribution in [1.29, 1.82) is 0 Å². The Labute approximate surface area is 179 Å². The Hall–Kier alpha value is -3.17. The molecule has 3 rings (SSSR count). The summed E-state index contributed by atoms with van der Waals surface area (Å²) in [5.41, 5.74) is 3.24. The molecular weight excluding hydrogens is 370 g/mol. The molecule has 0 saturated heterocycles. The van der Waals surface area contributed by atoms with Gasteiger partial charge in [0.05, 0.1) is 0 Å². The summed E-state index contributed by atoms with van der Waals surface area (Å²) in [7, 11) is 0. The predicted octanol–water partition coefficient (Wildman–Crippen LogP) is 5.83. The molecule has 0 aliphatic heterocycles. The first-order valence-corrected chi connectivity index (χ1v) is 10.5. The molecule has 0 N–H and O–H groups in total. The molecule has 30 heavy (non-hydrogen) atoms. The zero-order valence-corrected chi connectivity index (χ0v) is 17.8. The number of allylic oxidation sites excluding steroid dienone is 1. The van der Waals surface area contributed by atoms with E-state index in [2.05, 4.69) is 18.7 Å². The minimum absolute atomic E-state index is 0.0151. The monoisotopic (exact) mass is 399 g/mol.